The van der Waals surface area contributed by atoms with Gasteiger partial charge in [0.15, 0.2) is 5.69 Å². The Balaban J connectivity index is 1.20. The molecule has 0 bridgehead atoms. The third kappa shape index (κ3) is 5.44. The molecule has 4 heterocycles. The molecule has 5 aromatic rings. The summed E-state index contributed by atoms with van der Waals surface area (Å²) in [7, 11) is 0. The number of ether oxygens (including phenoxy) is 2. The van der Waals surface area contributed by atoms with E-state index in [2.05, 4.69) is 44.2 Å². The molecule has 1 fully saturated rings. The molecule has 9 heteroatoms. The fraction of sp³-hybridized carbons (Fsp3) is 0.200. The summed E-state index contributed by atoms with van der Waals surface area (Å²) in [5.74, 6) is 1.90. The van der Waals surface area contributed by atoms with Gasteiger partial charge >= 0.3 is 0 Å². The van der Waals surface area contributed by atoms with Crippen LogP contribution in [0.1, 0.15) is 24.3 Å². The molecule has 0 spiro atoms. The van der Waals surface area contributed by atoms with Crippen LogP contribution in [0.2, 0.25) is 0 Å². The molecule has 1 amide bonds. The molecule has 2 N–H and O–H groups in total. The Kier molecular flexibility index (Phi) is 6.64. The minimum atomic E-state index is -0.319. The van der Waals surface area contributed by atoms with Gasteiger partial charge < -0.3 is 19.7 Å². The zero-order valence-electron chi connectivity index (χ0n) is 21.7. The lowest BCUT2D eigenvalue weighted by atomic mass is 10.0. The van der Waals surface area contributed by atoms with Crippen LogP contribution in [0.3, 0.4) is 0 Å². The number of nitrogens with one attached hydrogen (secondary N) is 2. The number of nitrogens with zero attached hydrogens (tertiary/aromatic N) is 4. The summed E-state index contributed by atoms with van der Waals surface area (Å²) in [5.41, 5.74) is 3.42. The molecule has 1 saturated heterocycles. The number of hydrogen-bond donors (Lipinski definition) is 2. The number of aromatic nitrogens is 4. The van der Waals surface area contributed by atoms with Gasteiger partial charge in [-0.2, -0.15) is 5.10 Å². The smallest absolute Gasteiger partial charge is 0.276 e. The predicted octanol–water partition coefficient (Wildman–Crippen LogP) is 5.68. The van der Waals surface area contributed by atoms with Crippen molar-refractivity contribution in [3.63, 3.8) is 0 Å². The van der Waals surface area contributed by atoms with Crippen LogP contribution in [-0.4, -0.2) is 51.4 Å². The summed E-state index contributed by atoms with van der Waals surface area (Å²) in [5, 5.41) is 10.9. The zero-order chi connectivity index (χ0) is 26.8. The van der Waals surface area contributed by atoms with Gasteiger partial charge in [0, 0.05) is 30.2 Å². The van der Waals surface area contributed by atoms with Gasteiger partial charge in [0.05, 0.1) is 35.8 Å². The summed E-state index contributed by atoms with van der Waals surface area (Å²) < 4.78 is 11.7. The second-order valence-electron chi connectivity index (χ2n) is 9.68. The molecule has 1 aliphatic heterocycles. The Bertz CT molecular complexity index is 1590. The van der Waals surface area contributed by atoms with E-state index in [0.717, 1.165) is 41.3 Å². The van der Waals surface area contributed by atoms with E-state index in [1.807, 2.05) is 66.7 Å². The van der Waals surface area contributed by atoms with Crippen LogP contribution in [-0.2, 0) is 4.74 Å². The van der Waals surface area contributed by atoms with Crippen molar-refractivity contribution in [1.29, 1.82) is 0 Å². The van der Waals surface area contributed by atoms with Gasteiger partial charge in [0.2, 0.25) is 0 Å². The van der Waals surface area contributed by atoms with Crippen molar-refractivity contribution in [2.24, 2.45) is 0 Å². The van der Waals surface area contributed by atoms with E-state index in [-0.39, 0.29) is 18.1 Å². The average molecular weight is 521 g/mol. The summed E-state index contributed by atoms with van der Waals surface area (Å²) >= 11 is 0. The van der Waals surface area contributed by atoms with Gasteiger partial charge in [-0.05, 0) is 61.9 Å². The highest BCUT2D eigenvalue weighted by Crippen LogP contribution is 2.29. The lowest BCUT2D eigenvalue weighted by molar-refractivity contribution is -0.00545. The van der Waals surface area contributed by atoms with Crippen molar-refractivity contribution in [2.75, 3.05) is 23.3 Å². The Morgan fingerprint density at radius 1 is 0.949 bits per heavy atom. The van der Waals surface area contributed by atoms with Gasteiger partial charge in [0.25, 0.3) is 5.91 Å². The first-order valence-corrected chi connectivity index (χ1v) is 12.9. The van der Waals surface area contributed by atoms with Crippen LogP contribution in [0.15, 0.2) is 85.3 Å². The monoisotopic (exact) mass is 520 g/mol. The molecular formula is C30H28N6O3. The van der Waals surface area contributed by atoms with Crippen molar-refractivity contribution in [3.8, 4) is 22.6 Å². The molecular weight excluding hydrogens is 492 g/mol. The Morgan fingerprint density at radius 2 is 1.77 bits per heavy atom. The number of aromatic amines is 1. The normalized spacial score (nSPS) is 17.2. The third-order valence-electron chi connectivity index (χ3n) is 6.55. The van der Waals surface area contributed by atoms with Crippen LogP contribution in [0.25, 0.3) is 22.0 Å². The third-order valence-corrected chi connectivity index (χ3v) is 6.55. The SMILES string of the molecule is CC1CN(c2ccc(NC(=O)c3n[nH]c4ccc(-c5cncc(Oc6ccccc6)c5)cc34)cn2)CC(C)O1. The predicted molar refractivity (Wildman–Crippen MR) is 150 cm³/mol. The minimum Gasteiger partial charge on any atom is -0.456 e. The van der Waals surface area contributed by atoms with E-state index >= 15 is 0 Å². The molecule has 3 aromatic heterocycles. The van der Waals surface area contributed by atoms with Crippen LogP contribution < -0.4 is 15.0 Å². The first-order valence-electron chi connectivity index (χ1n) is 12.9. The van der Waals surface area contributed by atoms with Crippen LogP contribution in [0, 0.1) is 0 Å². The number of benzene rings is 2. The summed E-state index contributed by atoms with van der Waals surface area (Å²) in [4.78, 5) is 24.3. The number of anilines is 2. The fourth-order valence-electron chi connectivity index (χ4n) is 4.83. The fourth-order valence-corrected chi connectivity index (χ4v) is 4.83. The van der Waals surface area contributed by atoms with Crippen LogP contribution in [0.4, 0.5) is 11.5 Å². The summed E-state index contributed by atoms with van der Waals surface area (Å²) in [6, 6.07) is 21.0. The average Bonchev–Trinajstić information content (AvgIpc) is 3.37. The van der Waals surface area contributed by atoms with Gasteiger partial charge in [-0.1, -0.05) is 24.3 Å². The Labute approximate surface area is 225 Å². The first kappa shape index (κ1) is 24.6. The maximum Gasteiger partial charge on any atom is 0.276 e. The maximum absolute atomic E-state index is 13.2. The van der Waals surface area contributed by atoms with Gasteiger partial charge in [0.1, 0.15) is 17.3 Å². The molecule has 39 heavy (non-hydrogen) atoms. The maximum atomic E-state index is 13.2. The highest BCUT2D eigenvalue weighted by Gasteiger charge is 2.23. The number of para-hydroxylation sites is 1. The summed E-state index contributed by atoms with van der Waals surface area (Å²) in [6.45, 7) is 5.67. The minimum absolute atomic E-state index is 0.141. The van der Waals surface area contributed by atoms with Crippen LogP contribution >= 0.6 is 0 Å². The van der Waals surface area contributed by atoms with Crippen molar-refractivity contribution < 1.29 is 14.3 Å². The van der Waals surface area contributed by atoms with Gasteiger partial charge in [-0.25, -0.2) is 4.98 Å². The highest BCUT2D eigenvalue weighted by atomic mass is 16.5. The second kappa shape index (κ2) is 10.5. The molecule has 2 aromatic carbocycles. The molecule has 0 saturated carbocycles. The standard InChI is InChI=1S/C30H28N6O3/c1-19-17-36(18-20(2)38-19)28-11-9-23(15-32-28)33-30(37)29-26-13-21(8-10-27(26)34-35-29)22-12-25(16-31-14-22)39-24-6-4-3-5-7-24/h3-16,19-20H,17-18H2,1-2H3,(H,33,37)(H,34,35). The quantitative estimate of drug-likeness (QED) is 0.297. The molecule has 196 valence electrons. The molecule has 9 nitrogen and oxygen atoms in total. The number of H-pyrrole nitrogens is 1. The van der Waals surface area contributed by atoms with E-state index < -0.39 is 0 Å². The summed E-state index contributed by atoms with van der Waals surface area (Å²) in [6.07, 6.45) is 5.39. The number of rotatable bonds is 6. The lowest BCUT2D eigenvalue weighted by Crippen LogP contribution is -2.45. The van der Waals surface area contributed by atoms with Crippen molar-refractivity contribution in [1.82, 2.24) is 20.2 Å². The number of pyridine rings is 2. The second-order valence-corrected chi connectivity index (χ2v) is 9.68. The van der Waals surface area contributed by atoms with E-state index in [1.165, 1.54) is 0 Å². The van der Waals surface area contributed by atoms with E-state index in [0.29, 0.717) is 22.5 Å². The number of hydrogen-bond acceptors (Lipinski definition) is 7. The number of carbonyl (C=O) groups excluding carboxylic acids is 1. The number of fused-ring (bicyclic) bond motifs is 1. The van der Waals surface area contributed by atoms with Gasteiger partial charge in [-0.3, -0.25) is 14.9 Å². The molecule has 0 radical (unpaired) electrons. The van der Waals surface area contributed by atoms with Crippen molar-refractivity contribution >= 4 is 28.3 Å². The lowest BCUT2D eigenvalue weighted by Gasteiger charge is -2.36. The molecule has 1 aliphatic rings. The topological polar surface area (TPSA) is 105 Å². The van der Waals surface area contributed by atoms with E-state index in [4.69, 9.17) is 9.47 Å². The van der Waals surface area contributed by atoms with Crippen LogP contribution in [0.5, 0.6) is 11.5 Å². The van der Waals surface area contributed by atoms with E-state index in [1.54, 1.807) is 18.6 Å². The zero-order valence-corrected chi connectivity index (χ0v) is 21.7. The number of amides is 1. The molecule has 0 aliphatic carbocycles. The molecule has 6 rings (SSSR count). The highest BCUT2D eigenvalue weighted by molar-refractivity contribution is 6.11. The Hall–Kier alpha value is -4.76. The largest absolute Gasteiger partial charge is 0.456 e. The van der Waals surface area contributed by atoms with Crippen molar-refractivity contribution in [2.45, 2.75) is 26.1 Å². The molecule has 2 unspecified atom stereocenters. The number of morpholine rings is 1. The first-order chi connectivity index (χ1) is 19.0. The number of carbonyl (C=O) groups is 1. The molecule has 2 atom stereocenters. The van der Waals surface area contributed by atoms with Gasteiger partial charge in [-0.15, -0.1) is 0 Å². The Morgan fingerprint density at radius 3 is 2.54 bits per heavy atom. The van der Waals surface area contributed by atoms with Crippen molar-refractivity contribution in [3.05, 3.63) is 91.0 Å². The van der Waals surface area contributed by atoms with E-state index in [9.17, 15) is 4.79 Å².